The van der Waals surface area contributed by atoms with E-state index in [0.717, 1.165) is 25.9 Å². The maximum absolute atomic E-state index is 11.9. The van der Waals surface area contributed by atoms with Crippen LogP contribution in [0.25, 0.3) is 0 Å². The van der Waals surface area contributed by atoms with E-state index in [9.17, 15) is 9.59 Å². The largest absolute Gasteiger partial charge is 0.374 e. The van der Waals surface area contributed by atoms with Crippen LogP contribution in [0.2, 0.25) is 0 Å². The molecule has 1 aliphatic rings. The number of piperidine rings is 1. The van der Waals surface area contributed by atoms with Crippen LogP contribution >= 0.6 is 15.9 Å². The molecule has 0 atom stereocenters. The Labute approximate surface area is 113 Å². The van der Waals surface area contributed by atoms with Gasteiger partial charge in [-0.2, -0.15) is 5.10 Å². The van der Waals surface area contributed by atoms with E-state index in [1.165, 1.54) is 12.6 Å². The molecule has 1 saturated heterocycles. The Hall–Kier alpha value is -1.37. The Balaban J connectivity index is 1.92. The van der Waals surface area contributed by atoms with Crippen LogP contribution in [0, 0.1) is 0 Å². The van der Waals surface area contributed by atoms with Crippen molar-refractivity contribution in [1.82, 2.24) is 15.1 Å². The summed E-state index contributed by atoms with van der Waals surface area (Å²) in [6.07, 6.45) is 4.82. The lowest BCUT2D eigenvalue weighted by Gasteiger charge is -2.26. The van der Waals surface area contributed by atoms with E-state index in [2.05, 4.69) is 31.4 Å². The maximum Gasteiger partial charge on any atom is 0.280 e. The molecule has 98 valence electrons. The van der Waals surface area contributed by atoms with Gasteiger partial charge in [-0.3, -0.25) is 9.59 Å². The van der Waals surface area contributed by atoms with Gasteiger partial charge in [0.15, 0.2) is 0 Å². The van der Waals surface area contributed by atoms with Crippen LogP contribution in [-0.2, 0) is 4.79 Å². The molecule has 18 heavy (non-hydrogen) atoms. The van der Waals surface area contributed by atoms with Crippen molar-refractivity contribution < 1.29 is 4.79 Å². The van der Waals surface area contributed by atoms with Gasteiger partial charge >= 0.3 is 0 Å². The first-order chi connectivity index (χ1) is 8.68. The molecule has 0 bridgehead atoms. The zero-order chi connectivity index (χ0) is 13.0. The minimum atomic E-state index is -0.314. The molecule has 0 radical (unpaired) electrons. The summed E-state index contributed by atoms with van der Waals surface area (Å²) in [5.74, 6) is 0.0573. The minimum Gasteiger partial charge on any atom is -0.374 e. The number of nitrogens with zero attached hydrogens (tertiary/aromatic N) is 2. The molecule has 0 aromatic carbocycles. The summed E-state index contributed by atoms with van der Waals surface area (Å²) < 4.78 is 0.365. The third-order valence-electron chi connectivity index (χ3n) is 2.93. The molecule has 2 rings (SSSR count). The van der Waals surface area contributed by atoms with Gasteiger partial charge in [-0.05, 0) is 35.2 Å². The van der Waals surface area contributed by atoms with Gasteiger partial charge in [0, 0.05) is 13.1 Å². The molecule has 0 spiro atoms. The van der Waals surface area contributed by atoms with Crippen LogP contribution in [0.5, 0.6) is 0 Å². The molecule has 6 nitrogen and oxygen atoms in total. The number of rotatable bonds is 3. The van der Waals surface area contributed by atoms with E-state index < -0.39 is 0 Å². The van der Waals surface area contributed by atoms with Crippen molar-refractivity contribution in [3.8, 4) is 0 Å². The molecular formula is C11H15BrN4O2. The summed E-state index contributed by atoms with van der Waals surface area (Å²) in [4.78, 5) is 25.0. The number of hydrogen-bond donors (Lipinski definition) is 2. The van der Waals surface area contributed by atoms with Gasteiger partial charge in [-0.15, -0.1) is 0 Å². The number of aromatic nitrogens is 2. The van der Waals surface area contributed by atoms with Crippen molar-refractivity contribution in [2.75, 3.05) is 25.0 Å². The van der Waals surface area contributed by atoms with Crippen LogP contribution < -0.4 is 10.9 Å². The number of carbonyl (C=O) groups excluding carboxylic acids is 1. The average molecular weight is 315 g/mol. The quantitative estimate of drug-likeness (QED) is 0.871. The van der Waals surface area contributed by atoms with Crippen molar-refractivity contribution in [2.24, 2.45) is 0 Å². The highest BCUT2D eigenvalue weighted by atomic mass is 79.9. The fraction of sp³-hybridized carbons (Fsp3) is 0.545. The Kier molecular flexibility index (Phi) is 4.35. The van der Waals surface area contributed by atoms with Gasteiger partial charge in [0.2, 0.25) is 5.91 Å². The first-order valence-electron chi connectivity index (χ1n) is 5.93. The summed E-state index contributed by atoms with van der Waals surface area (Å²) >= 11 is 3.16. The number of halogens is 1. The highest BCUT2D eigenvalue weighted by Crippen LogP contribution is 2.15. The number of nitrogens with one attached hydrogen (secondary N) is 2. The average Bonchev–Trinajstić information content (AvgIpc) is 2.41. The third kappa shape index (κ3) is 3.10. The monoisotopic (exact) mass is 314 g/mol. The zero-order valence-corrected chi connectivity index (χ0v) is 11.5. The lowest BCUT2D eigenvalue weighted by atomic mass is 10.1. The van der Waals surface area contributed by atoms with Crippen LogP contribution in [-0.4, -0.2) is 40.6 Å². The number of amides is 1. The topological polar surface area (TPSA) is 78.1 Å². The molecule has 0 saturated carbocycles. The Bertz CT molecular complexity index is 482. The second kappa shape index (κ2) is 5.99. The molecule has 7 heteroatoms. The molecule has 0 aliphatic carbocycles. The van der Waals surface area contributed by atoms with E-state index >= 15 is 0 Å². The first kappa shape index (κ1) is 13.1. The summed E-state index contributed by atoms with van der Waals surface area (Å²) in [5, 5.41) is 8.91. The van der Waals surface area contributed by atoms with Gasteiger partial charge in [0.25, 0.3) is 5.56 Å². The summed E-state index contributed by atoms with van der Waals surface area (Å²) in [6.45, 7) is 1.84. The lowest BCUT2D eigenvalue weighted by molar-refractivity contribution is -0.130. The van der Waals surface area contributed by atoms with Crippen molar-refractivity contribution in [3.63, 3.8) is 0 Å². The summed E-state index contributed by atoms with van der Waals surface area (Å²) in [5.41, 5.74) is 0.217. The molecular weight excluding hydrogens is 300 g/mol. The number of likely N-dealkylation sites (tertiary alicyclic amines) is 1. The smallest absolute Gasteiger partial charge is 0.280 e. The van der Waals surface area contributed by atoms with Crippen LogP contribution in [0.3, 0.4) is 0 Å². The zero-order valence-electron chi connectivity index (χ0n) is 9.91. The van der Waals surface area contributed by atoms with E-state index in [4.69, 9.17) is 0 Å². The van der Waals surface area contributed by atoms with E-state index in [0.29, 0.717) is 10.2 Å². The van der Waals surface area contributed by atoms with Crippen molar-refractivity contribution in [1.29, 1.82) is 0 Å². The fourth-order valence-electron chi connectivity index (χ4n) is 1.93. The second-order valence-electron chi connectivity index (χ2n) is 4.22. The summed E-state index contributed by atoms with van der Waals surface area (Å²) in [6, 6.07) is 0. The van der Waals surface area contributed by atoms with Gasteiger partial charge in [-0.1, -0.05) is 0 Å². The number of aromatic amines is 1. The SMILES string of the molecule is O=C(CNc1cn[nH]c(=O)c1Br)N1CCCCC1. The van der Waals surface area contributed by atoms with Gasteiger partial charge in [0.1, 0.15) is 4.47 Å². The highest BCUT2D eigenvalue weighted by molar-refractivity contribution is 9.10. The van der Waals surface area contributed by atoms with Gasteiger partial charge < -0.3 is 10.2 Å². The van der Waals surface area contributed by atoms with Crippen molar-refractivity contribution in [3.05, 3.63) is 21.0 Å². The predicted molar refractivity (Wildman–Crippen MR) is 71.5 cm³/mol. The van der Waals surface area contributed by atoms with Crippen molar-refractivity contribution >= 4 is 27.5 Å². The number of hydrogen-bond acceptors (Lipinski definition) is 4. The molecule has 1 aliphatic heterocycles. The molecule has 2 N–H and O–H groups in total. The minimum absolute atomic E-state index is 0.0573. The maximum atomic E-state index is 11.9. The molecule has 1 aromatic rings. The highest BCUT2D eigenvalue weighted by Gasteiger charge is 2.16. The molecule has 1 fully saturated rings. The van der Waals surface area contributed by atoms with Crippen LogP contribution in [0.1, 0.15) is 19.3 Å². The van der Waals surface area contributed by atoms with Gasteiger partial charge in [0.05, 0.1) is 18.4 Å². The van der Waals surface area contributed by atoms with E-state index in [1.54, 1.807) is 0 Å². The number of carbonyl (C=O) groups is 1. The summed E-state index contributed by atoms with van der Waals surface area (Å²) in [7, 11) is 0. The number of H-pyrrole nitrogens is 1. The Morgan fingerprint density at radius 2 is 2.17 bits per heavy atom. The predicted octanol–water partition coefficient (Wildman–Crippen LogP) is 0.957. The standard InChI is InChI=1S/C11H15BrN4O2/c12-10-8(6-14-15-11(10)18)13-7-9(17)16-4-2-1-3-5-16/h6H,1-5,7H2,(H2,13,15,18). The van der Waals surface area contributed by atoms with Crippen molar-refractivity contribution in [2.45, 2.75) is 19.3 Å². The molecule has 1 amide bonds. The fourth-order valence-corrected chi connectivity index (χ4v) is 2.26. The van der Waals surface area contributed by atoms with E-state index in [1.807, 2.05) is 4.90 Å². The third-order valence-corrected chi connectivity index (χ3v) is 3.72. The number of anilines is 1. The first-order valence-corrected chi connectivity index (χ1v) is 6.72. The van der Waals surface area contributed by atoms with Crippen LogP contribution in [0.15, 0.2) is 15.5 Å². The molecule has 2 heterocycles. The Morgan fingerprint density at radius 1 is 1.44 bits per heavy atom. The normalized spacial score (nSPS) is 15.5. The Morgan fingerprint density at radius 3 is 2.89 bits per heavy atom. The van der Waals surface area contributed by atoms with Gasteiger partial charge in [-0.25, -0.2) is 5.10 Å². The lowest BCUT2D eigenvalue weighted by Crippen LogP contribution is -2.39. The van der Waals surface area contributed by atoms with Crippen LogP contribution in [0.4, 0.5) is 5.69 Å². The molecule has 0 unspecified atom stereocenters. The second-order valence-corrected chi connectivity index (χ2v) is 5.01. The van der Waals surface area contributed by atoms with E-state index in [-0.39, 0.29) is 18.0 Å². The molecule has 1 aromatic heterocycles.